The molecule has 5 rings (SSSR count). The molecule has 0 saturated carbocycles. The minimum atomic E-state index is -3.62. The number of fused-ring (bicyclic) bond motifs is 1. The van der Waals surface area contributed by atoms with Gasteiger partial charge in [0.25, 0.3) is 0 Å². The predicted molar refractivity (Wildman–Crippen MR) is 120 cm³/mol. The fraction of sp³-hybridized carbons (Fsp3) is 0.375. The zero-order valence-electron chi connectivity index (χ0n) is 18.0. The van der Waals surface area contributed by atoms with Crippen molar-refractivity contribution in [3.05, 3.63) is 82.9 Å². The van der Waals surface area contributed by atoms with Crippen molar-refractivity contribution in [3.8, 4) is 0 Å². The predicted octanol–water partition coefficient (Wildman–Crippen LogP) is 2.99. The number of sulfonamides is 1. The van der Waals surface area contributed by atoms with Crippen LogP contribution in [-0.4, -0.2) is 42.2 Å². The second kappa shape index (κ2) is 8.42. The van der Waals surface area contributed by atoms with Gasteiger partial charge in [-0.05, 0) is 66.7 Å². The van der Waals surface area contributed by atoms with Crippen LogP contribution in [0.3, 0.4) is 0 Å². The van der Waals surface area contributed by atoms with E-state index in [9.17, 15) is 12.8 Å². The molecule has 0 bridgehead atoms. The number of likely N-dealkylation sites (tertiary alicyclic amines) is 1. The van der Waals surface area contributed by atoms with Gasteiger partial charge in [-0.2, -0.15) is 5.10 Å². The highest BCUT2D eigenvalue weighted by Crippen LogP contribution is 2.40. The van der Waals surface area contributed by atoms with Gasteiger partial charge in [0, 0.05) is 31.7 Å². The summed E-state index contributed by atoms with van der Waals surface area (Å²) in [5.74, 6) is 0.0572. The lowest BCUT2D eigenvalue weighted by Gasteiger charge is -2.39. The van der Waals surface area contributed by atoms with E-state index in [1.54, 1.807) is 19.2 Å². The number of rotatable bonds is 7. The number of benzene rings is 2. The summed E-state index contributed by atoms with van der Waals surface area (Å²) in [7, 11) is -1.93. The van der Waals surface area contributed by atoms with Gasteiger partial charge in [-0.1, -0.05) is 30.3 Å². The lowest BCUT2D eigenvalue weighted by molar-refractivity contribution is 0.106. The molecule has 1 aliphatic heterocycles. The zero-order valence-corrected chi connectivity index (χ0v) is 18.9. The Balaban J connectivity index is 1.38. The molecule has 0 spiro atoms. The van der Waals surface area contributed by atoms with E-state index in [0.29, 0.717) is 6.04 Å². The van der Waals surface area contributed by atoms with Crippen LogP contribution in [0.25, 0.3) is 0 Å². The van der Waals surface area contributed by atoms with Crippen LogP contribution in [0.5, 0.6) is 0 Å². The molecule has 2 aromatic carbocycles. The Morgan fingerprint density at radius 1 is 1.16 bits per heavy atom. The lowest BCUT2D eigenvalue weighted by atomic mass is 9.88. The number of nitrogens with zero attached hydrogens (tertiary/aromatic N) is 3. The van der Waals surface area contributed by atoms with Crippen molar-refractivity contribution in [2.75, 3.05) is 13.1 Å². The molecule has 1 fully saturated rings. The third kappa shape index (κ3) is 4.22. The van der Waals surface area contributed by atoms with E-state index in [2.05, 4.69) is 26.9 Å². The van der Waals surface area contributed by atoms with E-state index >= 15 is 0 Å². The van der Waals surface area contributed by atoms with Crippen LogP contribution < -0.4 is 4.72 Å². The first-order chi connectivity index (χ1) is 15.4. The fourth-order valence-electron chi connectivity index (χ4n) is 4.88. The number of nitrogens with one attached hydrogen (secondary N) is 1. The molecule has 2 atom stereocenters. The van der Waals surface area contributed by atoms with Crippen molar-refractivity contribution >= 4 is 10.0 Å². The van der Waals surface area contributed by atoms with Crippen molar-refractivity contribution < 1.29 is 12.8 Å². The molecule has 0 radical (unpaired) electrons. The highest BCUT2D eigenvalue weighted by Gasteiger charge is 2.38. The van der Waals surface area contributed by atoms with Crippen molar-refractivity contribution in [1.29, 1.82) is 0 Å². The SMILES string of the molecule is Cn1cc(S(=O)(=O)NCc2ccc3c(c2)C(Cc2cccc(F)c2)C(N2CCC2)C3)cn1. The Morgan fingerprint density at radius 3 is 2.69 bits per heavy atom. The maximum atomic E-state index is 13.8. The van der Waals surface area contributed by atoms with E-state index in [-0.39, 0.29) is 23.2 Å². The molecule has 1 saturated heterocycles. The second-order valence-corrected chi connectivity index (χ2v) is 10.6. The molecular weight excluding hydrogens is 427 g/mol. The summed E-state index contributed by atoms with van der Waals surface area (Å²) < 4.78 is 43.1. The summed E-state index contributed by atoms with van der Waals surface area (Å²) in [6.07, 6.45) is 5.81. The van der Waals surface area contributed by atoms with Gasteiger partial charge in [-0.15, -0.1) is 0 Å². The Labute approximate surface area is 188 Å². The van der Waals surface area contributed by atoms with Crippen LogP contribution in [0.4, 0.5) is 4.39 Å². The first-order valence-corrected chi connectivity index (χ1v) is 12.5. The Kier molecular flexibility index (Phi) is 5.61. The van der Waals surface area contributed by atoms with Gasteiger partial charge in [0.05, 0.1) is 6.20 Å². The minimum Gasteiger partial charge on any atom is -0.299 e. The van der Waals surface area contributed by atoms with E-state index in [1.807, 2.05) is 12.1 Å². The van der Waals surface area contributed by atoms with Gasteiger partial charge in [-0.25, -0.2) is 17.5 Å². The number of aryl methyl sites for hydroxylation is 1. The van der Waals surface area contributed by atoms with Gasteiger partial charge >= 0.3 is 0 Å². The van der Waals surface area contributed by atoms with E-state index in [1.165, 1.54) is 40.7 Å². The summed E-state index contributed by atoms with van der Waals surface area (Å²) in [6.45, 7) is 2.43. The Bertz CT molecular complexity index is 1240. The van der Waals surface area contributed by atoms with Crippen LogP contribution in [0.1, 0.15) is 34.6 Å². The third-order valence-corrected chi connectivity index (χ3v) is 8.02. The van der Waals surface area contributed by atoms with E-state index in [4.69, 9.17) is 0 Å². The summed E-state index contributed by atoms with van der Waals surface area (Å²) in [5.41, 5.74) is 4.48. The molecule has 2 heterocycles. The smallest absolute Gasteiger partial charge is 0.243 e. The van der Waals surface area contributed by atoms with Crippen LogP contribution in [0.15, 0.2) is 59.8 Å². The van der Waals surface area contributed by atoms with Crippen LogP contribution in [0, 0.1) is 5.82 Å². The average Bonchev–Trinajstić information content (AvgIpc) is 3.30. The molecule has 168 valence electrons. The van der Waals surface area contributed by atoms with Gasteiger partial charge in [0.2, 0.25) is 10.0 Å². The fourth-order valence-corrected chi connectivity index (χ4v) is 5.88. The first kappa shape index (κ1) is 21.3. The molecule has 0 amide bonds. The lowest BCUT2D eigenvalue weighted by Crippen LogP contribution is -2.47. The van der Waals surface area contributed by atoms with E-state index < -0.39 is 10.0 Å². The first-order valence-electron chi connectivity index (χ1n) is 11.0. The molecule has 6 nitrogen and oxygen atoms in total. The molecule has 32 heavy (non-hydrogen) atoms. The van der Waals surface area contributed by atoms with Gasteiger partial charge in [0.1, 0.15) is 10.7 Å². The second-order valence-electron chi connectivity index (χ2n) is 8.81. The zero-order chi connectivity index (χ0) is 22.3. The summed E-state index contributed by atoms with van der Waals surface area (Å²) >= 11 is 0. The van der Waals surface area contributed by atoms with Crippen LogP contribution in [-0.2, 0) is 36.5 Å². The molecule has 2 unspecified atom stereocenters. The average molecular weight is 455 g/mol. The summed E-state index contributed by atoms with van der Waals surface area (Å²) in [4.78, 5) is 2.68. The maximum Gasteiger partial charge on any atom is 0.243 e. The topological polar surface area (TPSA) is 67.2 Å². The van der Waals surface area contributed by atoms with Gasteiger partial charge in [-0.3, -0.25) is 9.58 Å². The Morgan fingerprint density at radius 2 is 2.00 bits per heavy atom. The number of halogens is 1. The number of hydrogen-bond donors (Lipinski definition) is 1. The van der Waals surface area contributed by atoms with Gasteiger partial charge in [0.15, 0.2) is 0 Å². The van der Waals surface area contributed by atoms with Crippen molar-refractivity contribution in [3.63, 3.8) is 0 Å². The third-order valence-electron chi connectivity index (χ3n) is 6.67. The molecule has 1 N–H and O–H groups in total. The van der Waals surface area contributed by atoms with Crippen LogP contribution in [0.2, 0.25) is 0 Å². The highest BCUT2D eigenvalue weighted by molar-refractivity contribution is 7.89. The molecule has 1 aliphatic carbocycles. The molecular formula is C24H27FN4O2S. The molecule has 8 heteroatoms. The molecule has 3 aromatic rings. The van der Waals surface area contributed by atoms with Crippen molar-refractivity contribution in [2.45, 2.75) is 42.7 Å². The van der Waals surface area contributed by atoms with Crippen LogP contribution >= 0.6 is 0 Å². The minimum absolute atomic E-state index is 0.156. The van der Waals surface area contributed by atoms with Crippen molar-refractivity contribution in [1.82, 2.24) is 19.4 Å². The monoisotopic (exact) mass is 454 g/mol. The van der Waals surface area contributed by atoms with E-state index in [0.717, 1.165) is 37.1 Å². The van der Waals surface area contributed by atoms with Crippen molar-refractivity contribution in [2.24, 2.45) is 7.05 Å². The summed E-state index contributed by atoms with van der Waals surface area (Å²) in [5, 5.41) is 3.95. The van der Waals surface area contributed by atoms with Gasteiger partial charge < -0.3 is 0 Å². The maximum absolute atomic E-state index is 13.8. The normalized spacial score (nSPS) is 20.8. The number of hydrogen-bond acceptors (Lipinski definition) is 4. The molecule has 1 aromatic heterocycles. The largest absolute Gasteiger partial charge is 0.299 e. The molecule has 2 aliphatic rings. The summed E-state index contributed by atoms with van der Waals surface area (Å²) in [6, 6.07) is 13.5. The number of aromatic nitrogens is 2. The quantitative estimate of drug-likeness (QED) is 0.596. The highest BCUT2D eigenvalue weighted by atomic mass is 32.2. The Hall–Kier alpha value is -2.55. The standard InChI is InChI=1S/C24H27FN4O2S/c1-28-16-21(15-26-28)32(30,31)27-14-18-6-7-19-13-24(29-8-3-9-29)23(22(19)12-18)11-17-4-2-5-20(25)10-17/h2,4-7,10,12,15-16,23-24,27H,3,8-9,11,13-14H2,1H3.